The van der Waals surface area contributed by atoms with Crippen LogP contribution < -0.4 is 10.1 Å². The fourth-order valence-corrected chi connectivity index (χ4v) is 3.37. The van der Waals surface area contributed by atoms with Crippen LogP contribution in [0.15, 0.2) is 53.4 Å². The van der Waals surface area contributed by atoms with Gasteiger partial charge in [-0.15, -0.1) is 4.83 Å². The lowest BCUT2D eigenvalue weighted by atomic mass is 10.1. The van der Waals surface area contributed by atoms with Gasteiger partial charge in [0.1, 0.15) is 0 Å². The fourth-order valence-electron chi connectivity index (χ4n) is 2.37. The van der Waals surface area contributed by atoms with Gasteiger partial charge in [0.2, 0.25) is 5.91 Å². The summed E-state index contributed by atoms with van der Waals surface area (Å²) in [5.41, 5.74) is 0.694. The summed E-state index contributed by atoms with van der Waals surface area (Å²) in [7, 11) is -4.15. The number of amides is 3. The standard InChI is InChI=1S/C16H13N3O5S/c1-10(20)17-11-6-8-12(9-7-11)25(23,24)18-19-15(21)13-4-2-3-5-14(13)16(19)22/h2-9,18H,1H3,(H,17,20). The van der Waals surface area contributed by atoms with E-state index >= 15 is 0 Å². The molecule has 9 heteroatoms. The lowest BCUT2D eigenvalue weighted by Crippen LogP contribution is -2.45. The average molecular weight is 359 g/mol. The molecule has 0 aromatic heterocycles. The number of hydrogen-bond acceptors (Lipinski definition) is 5. The highest BCUT2D eigenvalue weighted by molar-refractivity contribution is 7.89. The van der Waals surface area contributed by atoms with Crippen LogP contribution in [0.5, 0.6) is 0 Å². The van der Waals surface area contributed by atoms with E-state index in [9.17, 15) is 22.8 Å². The molecular formula is C16H13N3O5S. The quantitative estimate of drug-likeness (QED) is 0.795. The highest BCUT2D eigenvalue weighted by atomic mass is 32.2. The second kappa shape index (κ2) is 6.11. The zero-order valence-electron chi connectivity index (χ0n) is 13.0. The molecule has 1 heterocycles. The number of fused-ring (bicyclic) bond motifs is 1. The van der Waals surface area contributed by atoms with Crippen LogP contribution in [0.4, 0.5) is 5.69 Å². The topological polar surface area (TPSA) is 113 Å². The molecule has 0 spiro atoms. The van der Waals surface area contributed by atoms with Gasteiger partial charge in [0.25, 0.3) is 21.8 Å². The maximum atomic E-state index is 12.4. The predicted molar refractivity (Wildman–Crippen MR) is 88.0 cm³/mol. The Morgan fingerprint density at radius 2 is 1.44 bits per heavy atom. The molecule has 2 N–H and O–H groups in total. The van der Waals surface area contributed by atoms with Crippen molar-refractivity contribution in [3.05, 3.63) is 59.7 Å². The summed E-state index contributed by atoms with van der Waals surface area (Å²) in [6.45, 7) is 1.33. The van der Waals surface area contributed by atoms with Gasteiger partial charge in [-0.05, 0) is 36.4 Å². The lowest BCUT2D eigenvalue weighted by Gasteiger charge is -2.15. The summed E-state index contributed by atoms with van der Waals surface area (Å²) in [6, 6.07) is 11.4. The van der Waals surface area contributed by atoms with Gasteiger partial charge in [0, 0.05) is 12.6 Å². The average Bonchev–Trinajstić information content (AvgIpc) is 2.80. The Morgan fingerprint density at radius 1 is 0.920 bits per heavy atom. The molecule has 0 atom stereocenters. The first kappa shape index (κ1) is 16.8. The van der Waals surface area contributed by atoms with Crippen molar-refractivity contribution in [2.75, 3.05) is 5.32 Å². The molecule has 3 amide bonds. The minimum absolute atomic E-state index is 0.135. The number of carbonyl (C=O) groups is 3. The lowest BCUT2D eigenvalue weighted by molar-refractivity contribution is -0.114. The number of nitrogens with zero attached hydrogens (tertiary/aromatic N) is 1. The van der Waals surface area contributed by atoms with Gasteiger partial charge in [-0.2, -0.15) is 5.01 Å². The number of nitrogens with one attached hydrogen (secondary N) is 2. The third-order valence-electron chi connectivity index (χ3n) is 3.49. The third kappa shape index (κ3) is 3.14. The van der Waals surface area contributed by atoms with Crippen LogP contribution in [-0.4, -0.2) is 31.1 Å². The molecule has 2 aromatic carbocycles. The molecule has 128 valence electrons. The van der Waals surface area contributed by atoms with Gasteiger partial charge in [-0.3, -0.25) is 14.4 Å². The molecule has 1 aliphatic rings. The van der Waals surface area contributed by atoms with Gasteiger partial charge in [0.15, 0.2) is 0 Å². The Balaban J connectivity index is 1.84. The van der Waals surface area contributed by atoms with Crippen molar-refractivity contribution >= 4 is 33.4 Å². The SMILES string of the molecule is CC(=O)Nc1ccc(S(=O)(=O)NN2C(=O)c3ccccc3C2=O)cc1. The molecular weight excluding hydrogens is 346 g/mol. The molecule has 3 rings (SSSR count). The minimum atomic E-state index is -4.15. The van der Waals surface area contributed by atoms with Crippen LogP contribution in [-0.2, 0) is 14.8 Å². The van der Waals surface area contributed by atoms with Crippen LogP contribution >= 0.6 is 0 Å². The first-order valence-corrected chi connectivity index (χ1v) is 8.66. The largest absolute Gasteiger partial charge is 0.326 e. The Labute approximate surface area is 143 Å². The normalized spacial score (nSPS) is 13.7. The van der Waals surface area contributed by atoms with Crippen LogP contribution in [0.2, 0.25) is 0 Å². The van der Waals surface area contributed by atoms with Crippen molar-refractivity contribution in [2.45, 2.75) is 11.8 Å². The Morgan fingerprint density at radius 3 is 1.92 bits per heavy atom. The number of imide groups is 1. The van der Waals surface area contributed by atoms with E-state index in [1.807, 2.05) is 4.83 Å². The summed E-state index contributed by atoms with van der Waals surface area (Å²) in [4.78, 5) is 37.3. The van der Waals surface area contributed by atoms with E-state index in [2.05, 4.69) is 5.32 Å². The van der Waals surface area contributed by atoms with E-state index in [-0.39, 0.29) is 21.9 Å². The van der Waals surface area contributed by atoms with Gasteiger partial charge in [-0.1, -0.05) is 12.1 Å². The highest BCUT2D eigenvalue weighted by Crippen LogP contribution is 2.22. The summed E-state index contributed by atoms with van der Waals surface area (Å²) in [6.07, 6.45) is 0. The molecule has 0 bridgehead atoms. The number of hydrogen-bond donors (Lipinski definition) is 2. The second-order valence-electron chi connectivity index (χ2n) is 5.29. The van der Waals surface area contributed by atoms with Gasteiger partial charge in [-0.25, -0.2) is 8.42 Å². The number of carbonyl (C=O) groups excluding carboxylic acids is 3. The Hall–Kier alpha value is -3.04. The molecule has 0 aliphatic carbocycles. The molecule has 1 aliphatic heterocycles. The van der Waals surface area contributed by atoms with E-state index in [4.69, 9.17) is 0 Å². The van der Waals surface area contributed by atoms with Gasteiger partial charge < -0.3 is 5.32 Å². The molecule has 0 fully saturated rings. The Kier molecular flexibility index (Phi) is 4.11. The van der Waals surface area contributed by atoms with Crippen LogP contribution in [0.1, 0.15) is 27.6 Å². The third-order valence-corrected chi connectivity index (χ3v) is 4.81. The van der Waals surface area contributed by atoms with Gasteiger partial charge >= 0.3 is 0 Å². The van der Waals surface area contributed by atoms with E-state index in [0.717, 1.165) is 0 Å². The number of hydrazine groups is 1. The summed E-state index contributed by atoms with van der Waals surface area (Å²) < 4.78 is 24.8. The zero-order chi connectivity index (χ0) is 18.2. The van der Waals surface area contributed by atoms with Crippen molar-refractivity contribution in [2.24, 2.45) is 0 Å². The number of rotatable bonds is 4. The molecule has 0 saturated heterocycles. The fraction of sp³-hybridized carbons (Fsp3) is 0.0625. The number of sulfonamides is 1. The van der Waals surface area contributed by atoms with Gasteiger partial charge in [0.05, 0.1) is 16.0 Å². The first-order valence-electron chi connectivity index (χ1n) is 7.17. The Bertz CT molecular complexity index is 948. The second-order valence-corrected chi connectivity index (χ2v) is 6.95. The molecule has 2 aromatic rings. The monoisotopic (exact) mass is 359 g/mol. The van der Waals surface area contributed by atoms with Crippen molar-refractivity contribution in [1.29, 1.82) is 0 Å². The highest BCUT2D eigenvalue weighted by Gasteiger charge is 2.38. The van der Waals surface area contributed by atoms with Crippen LogP contribution in [0.3, 0.4) is 0 Å². The van der Waals surface area contributed by atoms with Crippen molar-refractivity contribution in [1.82, 2.24) is 9.84 Å². The molecule has 0 unspecified atom stereocenters. The van der Waals surface area contributed by atoms with Crippen molar-refractivity contribution in [3.63, 3.8) is 0 Å². The van der Waals surface area contributed by atoms with Crippen molar-refractivity contribution in [3.8, 4) is 0 Å². The molecule has 8 nitrogen and oxygen atoms in total. The van der Waals surface area contributed by atoms with Crippen LogP contribution in [0.25, 0.3) is 0 Å². The maximum absolute atomic E-state index is 12.4. The van der Waals surface area contributed by atoms with E-state index in [1.165, 1.54) is 43.3 Å². The summed E-state index contributed by atoms with van der Waals surface area (Å²) in [5, 5.41) is 2.98. The van der Waals surface area contributed by atoms with E-state index < -0.39 is 21.8 Å². The van der Waals surface area contributed by atoms with E-state index in [1.54, 1.807) is 12.1 Å². The predicted octanol–water partition coefficient (Wildman–Crippen LogP) is 1.13. The number of anilines is 1. The number of benzene rings is 2. The molecule has 0 saturated carbocycles. The van der Waals surface area contributed by atoms with Crippen LogP contribution in [0, 0.1) is 0 Å². The summed E-state index contributed by atoms with van der Waals surface area (Å²) in [5.74, 6) is -1.77. The molecule has 0 radical (unpaired) electrons. The minimum Gasteiger partial charge on any atom is -0.326 e. The zero-order valence-corrected chi connectivity index (χ0v) is 13.8. The smallest absolute Gasteiger partial charge is 0.277 e. The first-order chi connectivity index (χ1) is 11.8. The van der Waals surface area contributed by atoms with E-state index in [0.29, 0.717) is 10.7 Å². The summed E-state index contributed by atoms with van der Waals surface area (Å²) >= 11 is 0. The maximum Gasteiger partial charge on any atom is 0.277 e. The van der Waals surface area contributed by atoms with Crippen molar-refractivity contribution < 1.29 is 22.8 Å². The molecule has 25 heavy (non-hydrogen) atoms.